The highest BCUT2D eigenvalue weighted by molar-refractivity contribution is 6.06. The highest BCUT2D eigenvalue weighted by Gasteiger charge is 2.46. The van der Waals surface area contributed by atoms with Crippen LogP contribution in [0.2, 0.25) is 0 Å². The SMILES string of the molecule is COc1ccc([N+](=O)[O-])cc1NC(=O)CCN1C(=O)[C@H]2CC=CC[C@@H]2C1=O. The smallest absolute Gasteiger partial charge is 0.271 e. The summed E-state index contributed by atoms with van der Waals surface area (Å²) in [6, 6.07) is 3.86. The van der Waals surface area contributed by atoms with Gasteiger partial charge in [0.15, 0.2) is 0 Å². The number of ether oxygens (including phenoxy) is 1. The van der Waals surface area contributed by atoms with Crippen molar-refractivity contribution in [2.45, 2.75) is 19.3 Å². The maximum Gasteiger partial charge on any atom is 0.271 e. The van der Waals surface area contributed by atoms with Gasteiger partial charge < -0.3 is 10.1 Å². The number of nitrogens with one attached hydrogen (secondary N) is 1. The van der Waals surface area contributed by atoms with Gasteiger partial charge in [-0.1, -0.05) is 12.2 Å². The number of nitrogens with zero attached hydrogens (tertiary/aromatic N) is 2. The normalized spacial score (nSPS) is 21.1. The van der Waals surface area contributed by atoms with Gasteiger partial charge in [-0.2, -0.15) is 0 Å². The van der Waals surface area contributed by atoms with Crippen LogP contribution in [0, 0.1) is 22.0 Å². The number of carbonyl (C=O) groups excluding carboxylic acids is 3. The number of allylic oxidation sites excluding steroid dienone is 2. The Balaban J connectivity index is 1.64. The van der Waals surface area contributed by atoms with Crippen molar-refractivity contribution in [2.24, 2.45) is 11.8 Å². The highest BCUT2D eigenvalue weighted by atomic mass is 16.6. The third-order valence-electron chi connectivity index (χ3n) is 4.83. The number of methoxy groups -OCH3 is 1. The Labute approximate surface area is 155 Å². The molecule has 9 heteroatoms. The first-order chi connectivity index (χ1) is 12.9. The van der Waals surface area contributed by atoms with Crippen LogP contribution >= 0.6 is 0 Å². The van der Waals surface area contributed by atoms with Gasteiger partial charge in [0.25, 0.3) is 5.69 Å². The summed E-state index contributed by atoms with van der Waals surface area (Å²) in [6.45, 7) is -0.0201. The molecule has 1 aliphatic heterocycles. The monoisotopic (exact) mass is 373 g/mol. The molecule has 1 aromatic carbocycles. The second-order valence-electron chi connectivity index (χ2n) is 6.42. The number of rotatable bonds is 6. The van der Waals surface area contributed by atoms with Crippen LogP contribution in [0.15, 0.2) is 30.4 Å². The number of nitro groups is 1. The van der Waals surface area contributed by atoms with Gasteiger partial charge in [-0.15, -0.1) is 0 Å². The number of carbonyl (C=O) groups is 3. The molecule has 9 nitrogen and oxygen atoms in total. The fourth-order valence-electron chi connectivity index (χ4n) is 3.42. The van der Waals surface area contributed by atoms with Crippen molar-refractivity contribution in [3.63, 3.8) is 0 Å². The van der Waals surface area contributed by atoms with Crippen LogP contribution in [0.3, 0.4) is 0 Å². The van der Waals surface area contributed by atoms with Gasteiger partial charge >= 0.3 is 0 Å². The van der Waals surface area contributed by atoms with Gasteiger partial charge in [-0.25, -0.2) is 0 Å². The van der Waals surface area contributed by atoms with Crippen LogP contribution in [0.1, 0.15) is 19.3 Å². The quantitative estimate of drug-likeness (QED) is 0.352. The van der Waals surface area contributed by atoms with E-state index >= 15 is 0 Å². The van der Waals surface area contributed by atoms with Crippen LogP contribution in [0.4, 0.5) is 11.4 Å². The largest absolute Gasteiger partial charge is 0.495 e. The molecule has 1 saturated heterocycles. The molecule has 1 fully saturated rings. The fourth-order valence-corrected chi connectivity index (χ4v) is 3.42. The molecule has 0 bridgehead atoms. The fraction of sp³-hybridized carbons (Fsp3) is 0.389. The third-order valence-corrected chi connectivity index (χ3v) is 4.83. The summed E-state index contributed by atoms with van der Waals surface area (Å²) in [5.41, 5.74) is -0.0266. The molecular weight excluding hydrogens is 354 g/mol. The van der Waals surface area contributed by atoms with Gasteiger partial charge in [-0.3, -0.25) is 29.4 Å². The van der Waals surface area contributed by atoms with E-state index in [9.17, 15) is 24.5 Å². The van der Waals surface area contributed by atoms with E-state index in [0.29, 0.717) is 12.8 Å². The molecule has 3 rings (SSSR count). The number of non-ortho nitro benzene ring substituents is 1. The molecule has 142 valence electrons. The molecular formula is C18H19N3O6. The summed E-state index contributed by atoms with van der Waals surface area (Å²) in [5.74, 6) is -1.34. The zero-order chi connectivity index (χ0) is 19.6. The Morgan fingerprint density at radius 2 is 1.89 bits per heavy atom. The zero-order valence-electron chi connectivity index (χ0n) is 14.7. The van der Waals surface area contributed by atoms with Crippen molar-refractivity contribution in [1.82, 2.24) is 4.90 Å². The van der Waals surface area contributed by atoms with Gasteiger partial charge in [0.05, 0.1) is 29.6 Å². The van der Waals surface area contributed by atoms with Crippen molar-refractivity contribution in [3.8, 4) is 5.75 Å². The zero-order valence-corrected chi connectivity index (χ0v) is 14.7. The van der Waals surface area contributed by atoms with Crippen LogP contribution in [-0.2, 0) is 14.4 Å². The molecule has 0 spiro atoms. The van der Waals surface area contributed by atoms with Crippen molar-refractivity contribution >= 4 is 29.1 Å². The van der Waals surface area contributed by atoms with Gasteiger partial charge in [0, 0.05) is 25.1 Å². The summed E-state index contributed by atoms with van der Waals surface area (Å²) in [4.78, 5) is 48.5. The number of benzene rings is 1. The van der Waals surface area contributed by atoms with E-state index in [0.717, 1.165) is 4.90 Å². The number of amides is 3. The second-order valence-corrected chi connectivity index (χ2v) is 6.42. The first kappa shape index (κ1) is 18.6. The van der Waals surface area contributed by atoms with E-state index < -0.39 is 10.8 Å². The van der Waals surface area contributed by atoms with E-state index in [1.165, 1.54) is 25.3 Å². The second kappa shape index (κ2) is 7.56. The molecule has 1 heterocycles. The topological polar surface area (TPSA) is 119 Å². The average Bonchev–Trinajstić information content (AvgIpc) is 2.91. The molecule has 0 aromatic heterocycles. The molecule has 0 unspecified atom stereocenters. The number of imide groups is 1. The minimum absolute atomic E-state index is 0.0201. The summed E-state index contributed by atoms with van der Waals surface area (Å²) in [7, 11) is 1.38. The lowest BCUT2D eigenvalue weighted by Crippen LogP contribution is -2.34. The summed E-state index contributed by atoms with van der Waals surface area (Å²) in [6.07, 6.45) is 4.79. The number of anilines is 1. The number of hydrogen-bond donors (Lipinski definition) is 1. The third kappa shape index (κ3) is 3.67. The Hall–Kier alpha value is -3.23. The van der Waals surface area contributed by atoms with Crippen molar-refractivity contribution < 1.29 is 24.0 Å². The van der Waals surface area contributed by atoms with Crippen LogP contribution < -0.4 is 10.1 Å². The van der Waals surface area contributed by atoms with E-state index in [2.05, 4.69) is 5.32 Å². The summed E-state index contributed by atoms with van der Waals surface area (Å²) in [5, 5.41) is 13.4. The van der Waals surface area contributed by atoms with E-state index in [1.807, 2.05) is 12.2 Å². The summed E-state index contributed by atoms with van der Waals surface area (Å²) < 4.78 is 5.09. The maximum absolute atomic E-state index is 12.4. The molecule has 1 aromatic rings. The molecule has 0 radical (unpaired) electrons. The van der Waals surface area contributed by atoms with E-state index in [4.69, 9.17) is 4.74 Å². The van der Waals surface area contributed by atoms with Crippen molar-refractivity contribution in [3.05, 3.63) is 40.5 Å². The Kier molecular flexibility index (Phi) is 5.20. The minimum Gasteiger partial charge on any atom is -0.495 e. The highest BCUT2D eigenvalue weighted by Crippen LogP contribution is 2.35. The average molecular weight is 373 g/mol. The lowest BCUT2D eigenvalue weighted by molar-refractivity contribution is -0.384. The van der Waals surface area contributed by atoms with Crippen LogP contribution in [0.25, 0.3) is 0 Å². The molecule has 3 amide bonds. The van der Waals surface area contributed by atoms with Gasteiger partial charge in [0.2, 0.25) is 17.7 Å². The van der Waals surface area contributed by atoms with Crippen molar-refractivity contribution in [2.75, 3.05) is 19.0 Å². The van der Waals surface area contributed by atoms with Gasteiger partial charge in [-0.05, 0) is 18.9 Å². The molecule has 1 N–H and O–H groups in total. The first-order valence-corrected chi connectivity index (χ1v) is 8.55. The van der Waals surface area contributed by atoms with Crippen LogP contribution in [-0.4, -0.2) is 41.2 Å². The number of fused-ring (bicyclic) bond motifs is 1. The minimum atomic E-state index is -0.577. The van der Waals surface area contributed by atoms with Crippen LogP contribution in [0.5, 0.6) is 5.75 Å². The lowest BCUT2D eigenvalue weighted by Gasteiger charge is -2.15. The predicted molar refractivity (Wildman–Crippen MR) is 95.0 cm³/mol. The molecule has 1 aliphatic carbocycles. The molecule has 27 heavy (non-hydrogen) atoms. The Morgan fingerprint density at radius 3 is 2.44 bits per heavy atom. The predicted octanol–water partition coefficient (Wildman–Crippen LogP) is 1.88. The number of nitro benzene ring substituents is 1. The summed E-state index contributed by atoms with van der Waals surface area (Å²) >= 11 is 0. The van der Waals surface area contributed by atoms with E-state index in [1.54, 1.807) is 0 Å². The molecule has 2 atom stereocenters. The van der Waals surface area contributed by atoms with Gasteiger partial charge in [0.1, 0.15) is 5.75 Å². The maximum atomic E-state index is 12.4. The first-order valence-electron chi connectivity index (χ1n) is 8.55. The lowest BCUT2D eigenvalue weighted by atomic mass is 9.85. The van der Waals surface area contributed by atoms with Crippen molar-refractivity contribution in [1.29, 1.82) is 0 Å². The number of likely N-dealkylation sites (tertiary alicyclic amines) is 1. The molecule has 0 saturated carbocycles. The Bertz CT molecular complexity index is 808. The Morgan fingerprint density at radius 1 is 1.26 bits per heavy atom. The molecule has 2 aliphatic rings. The van der Waals surface area contributed by atoms with E-state index in [-0.39, 0.29) is 53.7 Å². The standard InChI is InChI=1S/C18H19N3O6/c1-27-15-7-6-11(21(25)26)10-14(15)19-16(22)8-9-20-17(23)12-4-2-3-5-13(12)18(20)24/h2-3,6-7,10,12-13H,4-5,8-9H2,1H3,(H,19,22)/t12-,13-/m0/s1. The number of hydrogen-bond acceptors (Lipinski definition) is 6.